The minimum absolute atomic E-state index is 0.0207. The van der Waals surface area contributed by atoms with Gasteiger partial charge in [-0.3, -0.25) is 9.55 Å². The van der Waals surface area contributed by atoms with E-state index in [2.05, 4.69) is 19.7 Å². The lowest BCUT2D eigenvalue weighted by Gasteiger charge is -2.06. The summed E-state index contributed by atoms with van der Waals surface area (Å²) in [5.41, 5.74) is 2.17. The van der Waals surface area contributed by atoms with Crippen molar-refractivity contribution < 1.29 is 27.4 Å². The van der Waals surface area contributed by atoms with Crippen LogP contribution in [-0.2, 0) is 4.74 Å². The number of nitrogens with zero attached hydrogens (tertiary/aromatic N) is 4. The zero-order chi connectivity index (χ0) is 21.3. The van der Waals surface area contributed by atoms with Gasteiger partial charge in [-0.05, 0) is 23.8 Å². The Morgan fingerprint density at radius 2 is 1.87 bits per heavy atom. The summed E-state index contributed by atoms with van der Waals surface area (Å²) in [7, 11) is 1.24. The molecule has 152 valence electrons. The Bertz CT molecular complexity index is 1230. The third kappa shape index (κ3) is 3.66. The van der Waals surface area contributed by atoms with Crippen molar-refractivity contribution in [2.75, 3.05) is 7.11 Å². The molecule has 10 heteroatoms. The Morgan fingerprint density at radius 1 is 1.10 bits per heavy atom. The van der Waals surface area contributed by atoms with Gasteiger partial charge in [0, 0.05) is 18.0 Å². The van der Waals surface area contributed by atoms with Crippen LogP contribution in [0.5, 0.6) is 5.75 Å². The molecule has 0 amide bonds. The minimum atomic E-state index is -2.96. The van der Waals surface area contributed by atoms with Crippen molar-refractivity contribution >= 4 is 17.0 Å². The number of methoxy groups -OCH3 is 1. The Morgan fingerprint density at radius 3 is 2.57 bits per heavy atom. The molecule has 0 saturated heterocycles. The van der Waals surface area contributed by atoms with Crippen LogP contribution in [-0.4, -0.2) is 39.2 Å². The SMILES string of the molecule is COC(=O)c1cnc2c(-c3cccc(OC(F)F)c3)cn(-c3ncc(F)cn3)c2c1. The molecule has 0 unspecified atom stereocenters. The monoisotopic (exact) mass is 414 g/mol. The van der Waals surface area contributed by atoms with Gasteiger partial charge in [-0.25, -0.2) is 19.2 Å². The largest absolute Gasteiger partial charge is 0.465 e. The maximum absolute atomic E-state index is 13.3. The van der Waals surface area contributed by atoms with Crippen LogP contribution in [0.2, 0.25) is 0 Å². The first-order valence-corrected chi connectivity index (χ1v) is 8.59. The van der Waals surface area contributed by atoms with E-state index in [-0.39, 0.29) is 17.3 Å². The fourth-order valence-electron chi connectivity index (χ4n) is 2.98. The summed E-state index contributed by atoms with van der Waals surface area (Å²) in [4.78, 5) is 24.2. The van der Waals surface area contributed by atoms with Crippen molar-refractivity contribution in [1.82, 2.24) is 19.5 Å². The molecule has 30 heavy (non-hydrogen) atoms. The smallest absolute Gasteiger partial charge is 0.387 e. The highest BCUT2D eigenvalue weighted by Gasteiger charge is 2.18. The van der Waals surface area contributed by atoms with Crippen LogP contribution in [0.25, 0.3) is 28.1 Å². The second-order valence-electron chi connectivity index (χ2n) is 6.10. The van der Waals surface area contributed by atoms with Gasteiger partial charge in [0.05, 0.1) is 36.1 Å². The van der Waals surface area contributed by atoms with E-state index in [0.29, 0.717) is 22.2 Å². The first kappa shape index (κ1) is 19.4. The number of benzene rings is 1. The number of hydrogen-bond donors (Lipinski definition) is 0. The predicted molar refractivity (Wildman–Crippen MR) is 100 cm³/mol. The van der Waals surface area contributed by atoms with Crippen molar-refractivity contribution in [2.24, 2.45) is 0 Å². The van der Waals surface area contributed by atoms with Gasteiger partial charge in [-0.15, -0.1) is 0 Å². The second kappa shape index (κ2) is 7.82. The second-order valence-corrected chi connectivity index (χ2v) is 6.10. The first-order chi connectivity index (χ1) is 14.5. The lowest BCUT2D eigenvalue weighted by atomic mass is 10.1. The van der Waals surface area contributed by atoms with E-state index in [1.54, 1.807) is 18.3 Å². The van der Waals surface area contributed by atoms with Crippen LogP contribution >= 0.6 is 0 Å². The topological polar surface area (TPSA) is 79.1 Å². The molecule has 4 aromatic rings. The number of carbonyl (C=O) groups excluding carboxylic acids is 1. The van der Waals surface area contributed by atoms with E-state index in [4.69, 9.17) is 4.74 Å². The summed E-state index contributed by atoms with van der Waals surface area (Å²) in [5, 5.41) is 0. The average Bonchev–Trinajstić information content (AvgIpc) is 3.12. The van der Waals surface area contributed by atoms with Crippen molar-refractivity contribution in [2.45, 2.75) is 6.61 Å². The normalized spacial score (nSPS) is 11.1. The molecule has 0 fully saturated rings. The molecule has 1 aromatic carbocycles. The van der Waals surface area contributed by atoms with E-state index in [1.807, 2.05) is 0 Å². The van der Waals surface area contributed by atoms with Crippen molar-refractivity contribution in [1.29, 1.82) is 0 Å². The lowest BCUT2D eigenvalue weighted by molar-refractivity contribution is -0.0498. The van der Waals surface area contributed by atoms with Gasteiger partial charge in [0.1, 0.15) is 5.75 Å². The maximum atomic E-state index is 13.3. The van der Waals surface area contributed by atoms with E-state index < -0.39 is 18.4 Å². The quantitative estimate of drug-likeness (QED) is 0.459. The molecule has 0 radical (unpaired) electrons. The number of aromatic nitrogens is 4. The molecule has 0 bridgehead atoms. The van der Waals surface area contributed by atoms with E-state index in [0.717, 1.165) is 12.4 Å². The summed E-state index contributed by atoms with van der Waals surface area (Å²) >= 11 is 0. The summed E-state index contributed by atoms with van der Waals surface area (Å²) in [5.74, 6) is -1.09. The third-order valence-corrected chi connectivity index (χ3v) is 4.25. The number of fused-ring (bicyclic) bond motifs is 1. The third-order valence-electron chi connectivity index (χ3n) is 4.25. The molecule has 3 aromatic heterocycles. The molecule has 0 atom stereocenters. The Hall–Kier alpha value is -3.95. The Labute approximate surface area is 167 Å². The molecular weight excluding hydrogens is 401 g/mol. The fraction of sp³-hybridized carbons (Fsp3) is 0.100. The van der Waals surface area contributed by atoms with Crippen LogP contribution < -0.4 is 4.74 Å². The maximum Gasteiger partial charge on any atom is 0.387 e. The molecule has 3 heterocycles. The van der Waals surface area contributed by atoms with Gasteiger partial charge in [0.15, 0.2) is 5.82 Å². The molecule has 4 rings (SSSR count). The average molecular weight is 414 g/mol. The molecule has 0 N–H and O–H groups in total. The molecular formula is C20H13F3N4O3. The number of carbonyl (C=O) groups is 1. The first-order valence-electron chi connectivity index (χ1n) is 8.59. The number of alkyl halides is 2. The number of pyridine rings is 1. The predicted octanol–water partition coefficient (Wildman–Crippen LogP) is 4.01. The number of esters is 1. The van der Waals surface area contributed by atoms with E-state index in [9.17, 15) is 18.0 Å². The van der Waals surface area contributed by atoms with Gasteiger partial charge in [0.2, 0.25) is 5.95 Å². The van der Waals surface area contributed by atoms with Gasteiger partial charge in [0.25, 0.3) is 0 Å². The number of halogens is 3. The summed E-state index contributed by atoms with van der Waals surface area (Å²) in [6.45, 7) is -2.96. The highest BCUT2D eigenvalue weighted by atomic mass is 19.3. The molecule has 7 nitrogen and oxygen atoms in total. The van der Waals surface area contributed by atoms with Gasteiger partial charge in [-0.1, -0.05) is 12.1 Å². The van der Waals surface area contributed by atoms with E-state index in [1.165, 1.54) is 36.1 Å². The number of ether oxygens (including phenoxy) is 2. The van der Waals surface area contributed by atoms with Crippen LogP contribution in [0.15, 0.2) is 55.1 Å². The van der Waals surface area contributed by atoms with Crippen molar-refractivity contribution in [3.8, 4) is 22.8 Å². The lowest BCUT2D eigenvalue weighted by Crippen LogP contribution is -2.04. The Balaban J connectivity index is 1.92. The zero-order valence-corrected chi connectivity index (χ0v) is 15.4. The standard InChI is InChI=1S/C20H13F3N4O3/c1-29-18(28)12-6-16-17(24-7-12)15(10-27(16)20-25-8-13(21)9-26-20)11-3-2-4-14(5-11)30-19(22)23/h2-10,19H,1H3. The van der Waals surface area contributed by atoms with Crippen molar-refractivity contribution in [3.05, 3.63) is 66.5 Å². The molecule has 0 spiro atoms. The molecule has 0 aliphatic rings. The van der Waals surface area contributed by atoms with Crippen molar-refractivity contribution in [3.63, 3.8) is 0 Å². The molecule has 0 aliphatic heterocycles. The zero-order valence-electron chi connectivity index (χ0n) is 15.4. The molecule has 0 saturated carbocycles. The van der Waals surface area contributed by atoms with Crippen LogP contribution in [0.3, 0.4) is 0 Å². The summed E-state index contributed by atoms with van der Waals surface area (Å²) in [6, 6.07) is 7.63. The van der Waals surface area contributed by atoms with Crippen LogP contribution in [0.1, 0.15) is 10.4 Å². The Kier molecular flexibility index (Phi) is 5.05. The van der Waals surface area contributed by atoms with E-state index >= 15 is 0 Å². The highest BCUT2D eigenvalue weighted by molar-refractivity contribution is 5.98. The number of hydrogen-bond acceptors (Lipinski definition) is 6. The minimum Gasteiger partial charge on any atom is -0.465 e. The van der Waals surface area contributed by atoms with Gasteiger partial charge < -0.3 is 9.47 Å². The van der Waals surface area contributed by atoms with Gasteiger partial charge in [-0.2, -0.15) is 8.78 Å². The molecule has 0 aliphatic carbocycles. The van der Waals surface area contributed by atoms with Crippen LogP contribution in [0.4, 0.5) is 13.2 Å². The van der Waals surface area contributed by atoms with Gasteiger partial charge >= 0.3 is 12.6 Å². The fourth-order valence-corrected chi connectivity index (χ4v) is 2.98. The van der Waals surface area contributed by atoms with Crippen LogP contribution in [0, 0.1) is 5.82 Å². The summed E-state index contributed by atoms with van der Waals surface area (Å²) in [6.07, 6.45) is 4.96. The highest BCUT2D eigenvalue weighted by Crippen LogP contribution is 2.33. The number of rotatable bonds is 5. The summed E-state index contributed by atoms with van der Waals surface area (Å²) < 4.78 is 49.2.